The zero-order valence-electron chi connectivity index (χ0n) is 19.3. The van der Waals surface area contributed by atoms with Crippen molar-refractivity contribution >= 4 is 47.9 Å². The molecule has 2 rings (SSSR count). The Hall–Kier alpha value is 1.99. The Morgan fingerprint density at radius 2 is 0.741 bits per heavy atom. The summed E-state index contributed by atoms with van der Waals surface area (Å²) in [6.45, 7) is 28.0. The maximum atomic E-state index is 2.34. The van der Waals surface area contributed by atoms with Crippen LogP contribution in [0.3, 0.4) is 0 Å². The van der Waals surface area contributed by atoms with Crippen LogP contribution < -0.4 is 0 Å². The van der Waals surface area contributed by atoms with Crippen molar-refractivity contribution in [3.05, 3.63) is 20.1 Å². The molecule has 0 bridgehead atoms. The minimum absolute atomic E-state index is 0. The monoisotopic (exact) mass is 512 g/mol. The molecular weight excluding hydrogens is 474 g/mol. The molecule has 27 heavy (non-hydrogen) atoms. The summed E-state index contributed by atoms with van der Waals surface area (Å²) < 4.78 is 0. The molecule has 0 aliphatic heterocycles. The van der Waals surface area contributed by atoms with Gasteiger partial charge in [-0.1, -0.05) is 99.5 Å². The first-order chi connectivity index (χ1) is 11.4. The molecule has 0 aromatic carbocycles. The van der Waals surface area contributed by atoms with E-state index in [-0.39, 0.29) is 21.7 Å². The molecule has 2 aromatic rings. The van der Waals surface area contributed by atoms with Crippen LogP contribution in [-0.4, -0.2) is 0 Å². The summed E-state index contributed by atoms with van der Waals surface area (Å²) in [6, 6.07) is 0. The van der Waals surface area contributed by atoms with E-state index in [1.807, 2.05) is 0 Å². The fourth-order valence-electron chi connectivity index (χ4n) is 1.87. The van der Waals surface area contributed by atoms with Crippen molar-refractivity contribution in [2.75, 3.05) is 0 Å². The Kier molecular flexibility index (Phi) is 11.3. The van der Waals surface area contributed by atoms with Crippen molar-refractivity contribution in [3.63, 3.8) is 0 Å². The van der Waals surface area contributed by atoms with Gasteiger partial charge in [0.05, 0.1) is 0 Å². The van der Waals surface area contributed by atoms with Gasteiger partial charge in [-0.25, -0.2) is 0 Å². The molecule has 0 saturated heterocycles. The van der Waals surface area contributed by atoms with Gasteiger partial charge in [-0.2, -0.15) is 0 Å². The molecule has 0 spiro atoms. The van der Waals surface area contributed by atoms with Crippen molar-refractivity contribution in [1.82, 2.24) is 0 Å². The van der Waals surface area contributed by atoms with E-state index < -0.39 is 0 Å². The van der Waals surface area contributed by atoms with Gasteiger partial charge >= 0.3 is 0 Å². The summed E-state index contributed by atoms with van der Waals surface area (Å²) in [4.78, 5) is 0. The molecule has 7 heteroatoms. The second kappa shape index (κ2) is 10.5. The first kappa shape index (κ1) is 29.0. The van der Waals surface area contributed by atoms with E-state index in [1.54, 1.807) is 52.2 Å². The average Bonchev–Trinajstić information content (AvgIpc) is 3.06. The maximum Gasteiger partial charge on any atom is 0.0163 e. The SMILES string of the molecule is CC(C)(C)c1p[pH]c(C(C)(C)C)p1.CC(C)(C)c1p[pH]c(C(C)(C)C)p1.[Ti]. The average molecular weight is 512 g/mol. The predicted molar refractivity (Wildman–Crippen MR) is 137 cm³/mol. The third kappa shape index (κ3) is 9.77. The van der Waals surface area contributed by atoms with Crippen LogP contribution in [-0.2, 0) is 43.4 Å². The van der Waals surface area contributed by atoms with Gasteiger partial charge < -0.3 is 0 Å². The van der Waals surface area contributed by atoms with Gasteiger partial charge in [-0.15, -0.1) is 15.7 Å². The van der Waals surface area contributed by atoms with Gasteiger partial charge in [0, 0.05) is 41.8 Å². The maximum absolute atomic E-state index is 2.34. The molecular formula is C20H38P6Ti. The minimum atomic E-state index is 0. The first-order valence-corrected chi connectivity index (χ1v) is 16.5. The summed E-state index contributed by atoms with van der Waals surface area (Å²) in [6.07, 6.45) is 0. The fourth-order valence-corrected chi connectivity index (χ4v) is 16.9. The van der Waals surface area contributed by atoms with Crippen molar-refractivity contribution in [2.24, 2.45) is 0 Å². The molecule has 2 aromatic heterocycles. The third-order valence-electron chi connectivity index (χ3n) is 3.73. The molecule has 2 unspecified atom stereocenters. The normalized spacial score (nSPS) is 14.7. The predicted octanol–water partition coefficient (Wildman–Crippen LogP) is 10.9. The zero-order chi connectivity index (χ0) is 20.6. The summed E-state index contributed by atoms with van der Waals surface area (Å²) in [5.74, 6) is 0. The van der Waals surface area contributed by atoms with E-state index in [4.69, 9.17) is 0 Å². The smallest absolute Gasteiger partial charge is 0.0163 e. The van der Waals surface area contributed by atoms with E-state index in [9.17, 15) is 0 Å². The Morgan fingerprint density at radius 1 is 0.481 bits per heavy atom. The molecule has 0 fully saturated rings. The van der Waals surface area contributed by atoms with E-state index in [0.717, 1.165) is 15.7 Å². The van der Waals surface area contributed by atoms with Crippen molar-refractivity contribution in [3.8, 4) is 0 Å². The Labute approximate surface area is 193 Å². The quantitative estimate of drug-likeness (QED) is 0.308. The van der Waals surface area contributed by atoms with E-state index in [1.165, 1.54) is 0 Å². The molecule has 2 heterocycles. The van der Waals surface area contributed by atoms with Crippen LogP contribution in [0.15, 0.2) is 0 Å². The largest absolute Gasteiger partial charge is 0.101 e. The van der Waals surface area contributed by atoms with Crippen molar-refractivity contribution in [2.45, 2.75) is 105 Å². The first-order valence-electron chi connectivity index (χ1n) is 9.29. The number of hydrogen-bond acceptors (Lipinski definition) is 0. The second-order valence-electron chi connectivity index (χ2n) is 11.0. The molecule has 0 nitrogen and oxygen atoms in total. The van der Waals surface area contributed by atoms with Gasteiger partial charge in [-0.05, 0) is 37.4 Å². The van der Waals surface area contributed by atoms with Crippen LogP contribution in [0.25, 0.3) is 0 Å². The Balaban J connectivity index is 0.000000483. The number of rotatable bonds is 0. The van der Waals surface area contributed by atoms with Crippen LogP contribution >= 0.6 is 47.9 Å². The molecule has 0 radical (unpaired) electrons. The molecule has 0 N–H and O–H groups in total. The van der Waals surface area contributed by atoms with Crippen LogP contribution in [0.2, 0.25) is 0 Å². The summed E-state index contributed by atoms with van der Waals surface area (Å²) in [5, 5.41) is 6.88. The zero-order valence-corrected chi connectivity index (χ0v) is 26.4. The molecule has 0 aliphatic carbocycles. The fraction of sp³-hybridized carbons (Fsp3) is 0.800. The second-order valence-corrected chi connectivity index (χ2v) is 20.3. The minimum Gasteiger partial charge on any atom is -0.101 e. The van der Waals surface area contributed by atoms with Gasteiger partial charge in [0.25, 0.3) is 0 Å². The topological polar surface area (TPSA) is 0 Å². The van der Waals surface area contributed by atoms with E-state index >= 15 is 0 Å². The van der Waals surface area contributed by atoms with E-state index in [2.05, 4.69) is 83.1 Å². The van der Waals surface area contributed by atoms with Gasteiger partial charge in [0.1, 0.15) is 0 Å². The Bertz CT molecular complexity index is 583. The molecule has 152 valence electrons. The van der Waals surface area contributed by atoms with Gasteiger partial charge in [0.15, 0.2) is 0 Å². The van der Waals surface area contributed by atoms with E-state index in [0.29, 0.717) is 21.7 Å². The molecule has 0 amide bonds. The van der Waals surface area contributed by atoms with Crippen LogP contribution in [0.1, 0.15) is 103 Å². The Morgan fingerprint density at radius 3 is 0.852 bits per heavy atom. The van der Waals surface area contributed by atoms with Crippen molar-refractivity contribution in [1.29, 1.82) is 0 Å². The van der Waals surface area contributed by atoms with Crippen LogP contribution in [0.5, 0.6) is 0 Å². The molecule has 2 atom stereocenters. The number of hydrogen-bond donors (Lipinski definition) is 0. The summed E-state index contributed by atoms with van der Waals surface area (Å²) >= 11 is 0. The summed E-state index contributed by atoms with van der Waals surface area (Å²) in [7, 11) is 8.35. The van der Waals surface area contributed by atoms with Gasteiger partial charge in [0.2, 0.25) is 0 Å². The summed E-state index contributed by atoms with van der Waals surface area (Å²) in [5.41, 5.74) is 1.65. The van der Waals surface area contributed by atoms with Gasteiger partial charge in [-0.3, -0.25) is 0 Å². The van der Waals surface area contributed by atoms with Crippen molar-refractivity contribution < 1.29 is 21.7 Å². The molecule has 0 aliphatic rings. The standard InChI is InChI=1S/2C10H19P3.Ti/c2*1-9(2,3)7-11-8(13-12-7)10(4,5)6;/h2*12H,1-6H3;. The van der Waals surface area contributed by atoms with Crippen LogP contribution in [0, 0.1) is 0 Å². The third-order valence-corrected chi connectivity index (χ3v) is 19.3. The van der Waals surface area contributed by atoms with Crippen LogP contribution in [0.4, 0.5) is 0 Å². The molecule has 0 saturated carbocycles.